The molecule has 0 N–H and O–H groups in total. The van der Waals surface area contributed by atoms with Gasteiger partial charge >= 0.3 is 0 Å². The molecule has 4 rings (SSSR count). The molecular formula is C21H19N3O3S. The van der Waals surface area contributed by atoms with Crippen LogP contribution in [-0.2, 0) is 13.0 Å². The van der Waals surface area contributed by atoms with E-state index in [1.807, 2.05) is 60.8 Å². The number of aryl methyl sites for hydroxylation is 1. The van der Waals surface area contributed by atoms with Crippen LogP contribution in [0.1, 0.15) is 26.9 Å². The van der Waals surface area contributed by atoms with Crippen LogP contribution in [0.4, 0.5) is 0 Å². The van der Waals surface area contributed by atoms with Crippen LogP contribution >= 0.6 is 11.3 Å². The standard InChI is InChI=1S/C21H19N3O3S/c1-15-5-2-6-16(13-15)20-22-19(27-23-20)9-10-24(14-17-7-3-11-26-17)21(25)18-8-4-12-28-18/h2-8,11-13H,9-10,14H2,1H3. The first-order valence-corrected chi connectivity index (χ1v) is 9.82. The lowest BCUT2D eigenvalue weighted by Crippen LogP contribution is -2.32. The van der Waals surface area contributed by atoms with E-state index in [-0.39, 0.29) is 5.91 Å². The minimum atomic E-state index is -0.0372. The Labute approximate surface area is 166 Å². The third-order valence-corrected chi connectivity index (χ3v) is 5.14. The van der Waals surface area contributed by atoms with Gasteiger partial charge < -0.3 is 13.8 Å². The zero-order chi connectivity index (χ0) is 19.3. The Bertz CT molecular complexity index is 1040. The molecule has 3 heterocycles. The summed E-state index contributed by atoms with van der Waals surface area (Å²) >= 11 is 1.42. The SMILES string of the molecule is Cc1cccc(-c2noc(CCN(Cc3ccco3)C(=O)c3cccs3)n2)c1. The Morgan fingerprint density at radius 3 is 2.86 bits per heavy atom. The van der Waals surface area contributed by atoms with E-state index < -0.39 is 0 Å². The summed E-state index contributed by atoms with van der Waals surface area (Å²) in [4.78, 5) is 19.8. The van der Waals surface area contributed by atoms with Crippen LogP contribution < -0.4 is 0 Å². The number of rotatable bonds is 7. The normalized spacial score (nSPS) is 10.9. The fourth-order valence-corrected chi connectivity index (χ4v) is 3.58. The molecule has 1 amide bonds. The van der Waals surface area contributed by atoms with Crippen molar-refractivity contribution in [2.45, 2.75) is 19.9 Å². The van der Waals surface area contributed by atoms with Gasteiger partial charge in [-0.15, -0.1) is 11.3 Å². The van der Waals surface area contributed by atoms with Crippen molar-refractivity contribution in [3.8, 4) is 11.4 Å². The lowest BCUT2D eigenvalue weighted by Gasteiger charge is -2.20. The van der Waals surface area contributed by atoms with Gasteiger partial charge in [0, 0.05) is 18.5 Å². The molecule has 7 heteroatoms. The van der Waals surface area contributed by atoms with Gasteiger partial charge in [-0.1, -0.05) is 35.0 Å². The molecule has 28 heavy (non-hydrogen) atoms. The van der Waals surface area contributed by atoms with Gasteiger partial charge in [-0.3, -0.25) is 4.79 Å². The summed E-state index contributed by atoms with van der Waals surface area (Å²) in [6, 6.07) is 15.3. The summed E-state index contributed by atoms with van der Waals surface area (Å²) in [5.41, 5.74) is 2.05. The molecule has 0 radical (unpaired) electrons. The molecule has 0 fully saturated rings. The first-order chi connectivity index (χ1) is 13.7. The van der Waals surface area contributed by atoms with Crippen LogP contribution in [-0.4, -0.2) is 27.5 Å². The molecule has 0 saturated carbocycles. The first-order valence-electron chi connectivity index (χ1n) is 8.94. The maximum Gasteiger partial charge on any atom is 0.264 e. The highest BCUT2D eigenvalue weighted by Gasteiger charge is 2.19. The monoisotopic (exact) mass is 393 g/mol. The summed E-state index contributed by atoms with van der Waals surface area (Å²) in [5, 5.41) is 5.96. The topological polar surface area (TPSA) is 72.4 Å². The number of aromatic nitrogens is 2. The van der Waals surface area contributed by atoms with Crippen LogP contribution in [0, 0.1) is 6.92 Å². The van der Waals surface area contributed by atoms with E-state index >= 15 is 0 Å². The lowest BCUT2D eigenvalue weighted by molar-refractivity contribution is 0.0735. The fraction of sp³-hybridized carbons (Fsp3) is 0.190. The van der Waals surface area contributed by atoms with Crippen LogP contribution in [0.5, 0.6) is 0 Å². The summed E-state index contributed by atoms with van der Waals surface area (Å²) in [6.07, 6.45) is 2.08. The molecule has 0 atom stereocenters. The van der Waals surface area contributed by atoms with Crippen LogP contribution in [0.15, 0.2) is 69.1 Å². The molecule has 0 bridgehead atoms. The number of carbonyl (C=O) groups excluding carboxylic acids is 1. The van der Waals surface area contributed by atoms with Crippen molar-refractivity contribution in [1.82, 2.24) is 15.0 Å². The van der Waals surface area contributed by atoms with Crippen molar-refractivity contribution >= 4 is 17.2 Å². The quantitative estimate of drug-likeness (QED) is 0.459. The van der Waals surface area contributed by atoms with E-state index in [0.29, 0.717) is 36.1 Å². The van der Waals surface area contributed by atoms with E-state index in [2.05, 4.69) is 10.1 Å². The Morgan fingerprint density at radius 1 is 1.18 bits per heavy atom. The summed E-state index contributed by atoms with van der Waals surface area (Å²) in [7, 11) is 0. The van der Waals surface area contributed by atoms with Crippen LogP contribution in [0.25, 0.3) is 11.4 Å². The Morgan fingerprint density at radius 2 is 2.11 bits per heavy atom. The third-order valence-electron chi connectivity index (χ3n) is 4.29. The molecule has 0 aliphatic carbocycles. The minimum Gasteiger partial charge on any atom is -0.467 e. The molecule has 0 unspecified atom stereocenters. The highest BCUT2D eigenvalue weighted by atomic mass is 32.1. The number of benzene rings is 1. The summed E-state index contributed by atoms with van der Waals surface area (Å²) in [6.45, 7) is 2.86. The molecule has 6 nitrogen and oxygen atoms in total. The van der Waals surface area contributed by atoms with E-state index in [4.69, 9.17) is 8.94 Å². The maximum absolute atomic E-state index is 12.8. The number of hydrogen-bond donors (Lipinski definition) is 0. The van der Waals surface area contributed by atoms with Gasteiger partial charge in [0.15, 0.2) is 0 Å². The van der Waals surface area contributed by atoms with Gasteiger partial charge in [0.2, 0.25) is 11.7 Å². The Balaban J connectivity index is 1.47. The van der Waals surface area contributed by atoms with Crippen molar-refractivity contribution < 1.29 is 13.7 Å². The van der Waals surface area contributed by atoms with E-state index in [1.165, 1.54) is 11.3 Å². The molecule has 142 valence electrons. The first kappa shape index (κ1) is 18.2. The second-order valence-corrected chi connectivity index (χ2v) is 7.36. The predicted octanol–water partition coefficient (Wildman–Crippen LogP) is 4.58. The molecule has 0 aliphatic heterocycles. The number of thiophene rings is 1. The zero-order valence-corrected chi connectivity index (χ0v) is 16.2. The van der Waals surface area contributed by atoms with E-state index in [9.17, 15) is 4.79 Å². The van der Waals surface area contributed by atoms with E-state index in [0.717, 1.165) is 16.9 Å². The number of nitrogens with zero attached hydrogens (tertiary/aromatic N) is 3. The highest BCUT2D eigenvalue weighted by Crippen LogP contribution is 2.19. The van der Waals surface area contributed by atoms with Crippen molar-refractivity contribution in [3.05, 3.63) is 82.3 Å². The smallest absolute Gasteiger partial charge is 0.264 e. The van der Waals surface area contributed by atoms with Gasteiger partial charge in [-0.05, 0) is 36.6 Å². The van der Waals surface area contributed by atoms with Gasteiger partial charge in [-0.2, -0.15) is 4.98 Å². The molecular weight excluding hydrogens is 374 g/mol. The van der Waals surface area contributed by atoms with Gasteiger partial charge in [0.25, 0.3) is 5.91 Å². The largest absolute Gasteiger partial charge is 0.467 e. The third kappa shape index (κ3) is 4.20. The predicted molar refractivity (Wildman–Crippen MR) is 106 cm³/mol. The maximum atomic E-state index is 12.8. The molecule has 0 aliphatic rings. The molecule has 0 spiro atoms. The van der Waals surface area contributed by atoms with Crippen molar-refractivity contribution in [2.24, 2.45) is 0 Å². The zero-order valence-electron chi connectivity index (χ0n) is 15.4. The van der Waals surface area contributed by atoms with Crippen LogP contribution in [0.2, 0.25) is 0 Å². The number of hydrogen-bond acceptors (Lipinski definition) is 6. The van der Waals surface area contributed by atoms with Gasteiger partial charge in [0.1, 0.15) is 5.76 Å². The fourth-order valence-electron chi connectivity index (χ4n) is 2.89. The van der Waals surface area contributed by atoms with Crippen LogP contribution in [0.3, 0.4) is 0 Å². The van der Waals surface area contributed by atoms with E-state index in [1.54, 1.807) is 11.2 Å². The summed E-state index contributed by atoms with van der Waals surface area (Å²) < 4.78 is 10.8. The molecule has 0 saturated heterocycles. The minimum absolute atomic E-state index is 0.0372. The second kappa shape index (κ2) is 8.22. The van der Waals surface area contributed by atoms with Crippen molar-refractivity contribution in [2.75, 3.05) is 6.54 Å². The summed E-state index contributed by atoms with van der Waals surface area (Å²) in [5.74, 6) is 1.75. The number of furan rings is 1. The van der Waals surface area contributed by atoms with Crippen molar-refractivity contribution in [3.63, 3.8) is 0 Å². The average Bonchev–Trinajstić information content (AvgIpc) is 3.47. The lowest BCUT2D eigenvalue weighted by atomic mass is 10.1. The molecule has 3 aromatic heterocycles. The molecule has 1 aromatic carbocycles. The Hall–Kier alpha value is -3.19. The average molecular weight is 393 g/mol. The Kier molecular flexibility index (Phi) is 5.34. The van der Waals surface area contributed by atoms with Gasteiger partial charge in [0.05, 0.1) is 17.7 Å². The highest BCUT2D eigenvalue weighted by molar-refractivity contribution is 7.12. The second-order valence-electron chi connectivity index (χ2n) is 6.41. The van der Waals surface area contributed by atoms with Gasteiger partial charge in [-0.25, -0.2) is 0 Å². The molecule has 4 aromatic rings. The number of amides is 1. The van der Waals surface area contributed by atoms with Crippen molar-refractivity contribution in [1.29, 1.82) is 0 Å². The number of carbonyl (C=O) groups is 1.